The number of piperidine rings is 1. The van der Waals surface area contributed by atoms with Crippen molar-refractivity contribution in [1.82, 2.24) is 14.7 Å². The summed E-state index contributed by atoms with van der Waals surface area (Å²) in [5, 5.41) is 18.0. The lowest BCUT2D eigenvalue weighted by Crippen LogP contribution is -2.53. The first-order valence-corrected chi connectivity index (χ1v) is 11.9. The Hall–Kier alpha value is -1.51. The smallest absolute Gasteiger partial charge is 0.266 e. The van der Waals surface area contributed by atoms with Crippen molar-refractivity contribution in [2.24, 2.45) is 0 Å². The molecule has 2 atom stereocenters. The van der Waals surface area contributed by atoms with Gasteiger partial charge in [0.25, 0.3) is 5.56 Å². The largest absolute Gasteiger partial charge is 0.388 e. The van der Waals surface area contributed by atoms with Gasteiger partial charge in [-0.3, -0.25) is 9.69 Å². The lowest BCUT2D eigenvalue weighted by atomic mass is 9.86. The fourth-order valence-electron chi connectivity index (χ4n) is 4.81. The van der Waals surface area contributed by atoms with Gasteiger partial charge in [-0.05, 0) is 55.3 Å². The van der Waals surface area contributed by atoms with Crippen molar-refractivity contribution >= 4 is 34.3 Å². The van der Waals surface area contributed by atoms with Crippen LogP contribution in [0.2, 0.25) is 4.34 Å². The van der Waals surface area contributed by atoms with Gasteiger partial charge in [-0.1, -0.05) is 17.7 Å². The van der Waals surface area contributed by atoms with E-state index in [4.69, 9.17) is 11.6 Å². The lowest BCUT2D eigenvalue weighted by molar-refractivity contribution is -0.0674. The van der Waals surface area contributed by atoms with Gasteiger partial charge in [-0.2, -0.15) is 5.10 Å². The van der Waals surface area contributed by atoms with Gasteiger partial charge in [0.1, 0.15) is 5.69 Å². The first-order chi connectivity index (χ1) is 14.0. The van der Waals surface area contributed by atoms with Crippen LogP contribution in [-0.4, -0.2) is 37.5 Å². The first kappa shape index (κ1) is 19.5. The van der Waals surface area contributed by atoms with Gasteiger partial charge >= 0.3 is 0 Å². The van der Waals surface area contributed by atoms with Crippen molar-refractivity contribution in [3.63, 3.8) is 0 Å². The average molecular weight is 448 g/mol. The molecule has 0 radical (unpaired) electrons. The van der Waals surface area contributed by atoms with Crippen LogP contribution < -0.4 is 5.56 Å². The molecule has 2 saturated heterocycles. The standard InChI is InChI=1S/C21H22ClN3O2S2/c22-19-7-6-18(29-19)17-5-8-20(26)25(23-17)13-21(27)10-14-3-4-15(11-21)24(14)12-16-2-1-9-28-16/h1-2,5-9,14-15,27H,3-4,10-13H2. The number of fused-ring (bicyclic) bond motifs is 2. The first-order valence-electron chi connectivity index (χ1n) is 9.83. The number of halogens is 1. The van der Waals surface area contributed by atoms with Crippen LogP contribution in [-0.2, 0) is 13.1 Å². The fraction of sp³-hybridized carbons (Fsp3) is 0.429. The van der Waals surface area contributed by atoms with E-state index >= 15 is 0 Å². The number of rotatable bonds is 5. The molecular formula is C21H22ClN3O2S2. The molecule has 2 unspecified atom stereocenters. The summed E-state index contributed by atoms with van der Waals surface area (Å²) < 4.78 is 2.12. The monoisotopic (exact) mass is 447 g/mol. The molecule has 2 aliphatic heterocycles. The van der Waals surface area contributed by atoms with E-state index in [1.165, 1.54) is 27.0 Å². The van der Waals surface area contributed by atoms with Gasteiger partial charge < -0.3 is 5.11 Å². The Labute approximate surface area is 182 Å². The third-order valence-corrected chi connectivity index (χ3v) is 8.17. The molecule has 5 rings (SSSR count). The molecule has 0 spiro atoms. The van der Waals surface area contributed by atoms with E-state index in [9.17, 15) is 9.90 Å². The second-order valence-corrected chi connectivity index (χ2v) is 10.8. The van der Waals surface area contributed by atoms with Crippen LogP contribution in [0.15, 0.2) is 46.6 Å². The molecular weight excluding hydrogens is 426 g/mol. The number of aromatic nitrogens is 2. The number of thiophene rings is 2. The van der Waals surface area contributed by atoms with E-state index in [0.717, 1.165) is 24.3 Å². The molecule has 3 aromatic rings. The Morgan fingerprint density at radius 2 is 1.97 bits per heavy atom. The van der Waals surface area contributed by atoms with Crippen LogP contribution in [0.4, 0.5) is 0 Å². The number of hydrogen-bond acceptors (Lipinski definition) is 6. The third-order valence-electron chi connectivity index (χ3n) is 6.06. The predicted octanol–water partition coefficient (Wildman–Crippen LogP) is 4.24. The molecule has 2 aliphatic rings. The molecule has 8 heteroatoms. The maximum Gasteiger partial charge on any atom is 0.266 e. The molecule has 5 nitrogen and oxygen atoms in total. The fourth-order valence-corrected chi connectivity index (χ4v) is 6.53. The summed E-state index contributed by atoms with van der Waals surface area (Å²) in [4.78, 5) is 17.3. The molecule has 1 N–H and O–H groups in total. The van der Waals surface area contributed by atoms with Crippen molar-refractivity contribution in [3.8, 4) is 10.6 Å². The molecule has 3 aromatic heterocycles. The maximum absolute atomic E-state index is 12.4. The van der Waals surface area contributed by atoms with Crippen LogP contribution in [0.25, 0.3) is 10.6 Å². The van der Waals surface area contributed by atoms with Crippen molar-refractivity contribution in [2.45, 2.75) is 56.5 Å². The topological polar surface area (TPSA) is 58.4 Å². The average Bonchev–Trinajstić information content (AvgIpc) is 3.40. The zero-order valence-electron chi connectivity index (χ0n) is 15.8. The molecule has 29 heavy (non-hydrogen) atoms. The van der Waals surface area contributed by atoms with Gasteiger partial charge in [0, 0.05) is 29.6 Å². The van der Waals surface area contributed by atoms with Crippen molar-refractivity contribution in [3.05, 3.63) is 61.3 Å². The summed E-state index contributed by atoms with van der Waals surface area (Å²) in [6.45, 7) is 1.19. The molecule has 2 fully saturated rings. The van der Waals surface area contributed by atoms with Crippen LogP contribution in [0.1, 0.15) is 30.6 Å². The van der Waals surface area contributed by atoms with Gasteiger partial charge in [-0.15, -0.1) is 22.7 Å². The highest BCUT2D eigenvalue weighted by Gasteiger charge is 2.47. The highest BCUT2D eigenvalue weighted by Crippen LogP contribution is 2.42. The summed E-state index contributed by atoms with van der Waals surface area (Å²) in [5.41, 5.74) is -0.373. The minimum atomic E-state index is -0.902. The molecule has 0 amide bonds. The Morgan fingerprint density at radius 3 is 2.62 bits per heavy atom. The van der Waals surface area contributed by atoms with E-state index in [1.54, 1.807) is 17.4 Å². The number of aliphatic hydroxyl groups is 1. The van der Waals surface area contributed by atoms with Crippen molar-refractivity contribution in [2.75, 3.05) is 0 Å². The molecule has 2 bridgehead atoms. The maximum atomic E-state index is 12.4. The SMILES string of the molecule is O=c1ccc(-c2ccc(Cl)s2)nn1CC1(O)CC2CCC(C1)N2Cc1cccs1. The minimum Gasteiger partial charge on any atom is -0.388 e. The van der Waals surface area contributed by atoms with E-state index in [1.807, 2.05) is 12.1 Å². The summed E-state index contributed by atoms with van der Waals surface area (Å²) in [5.74, 6) is 0. The molecule has 5 heterocycles. The normalized spacial score (nSPS) is 26.8. The van der Waals surface area contributed by atoms with Crippen LogP contribution in [0.5, 0.6) is 0 Å². The van der Waals surface area contributed by atoms with Crippen molar-refractivity contribution < 1.29 is 5.11 Å². The van der Waals surface area contributed by atoms with E-state index in [-0.39, 0.29) is 12.1 Å². The zero-order chi connectivity index (χ0) is 20.0. The van der Waals surface area contributed by atoms with Crippen LogP contribution >= 0.6 is 34.3 Å². The number of nitrogens with zero attached hydrogens (tertiary/aromatic N) is 3. The lowest BCUT2D eigenvalue weighted by Gasteiger charge is -2.43. The summed E-state index contributed by atoms with van der Waals surface area (Å²) in [7, 11) is 0. The van der Waals surface area contributed by atoms with Crippen LogP contribution in [0, 0.1) is 0 Å². The highest BCUT2D eigenvalue weighted by molar-refractivity contribution is 7.19. The Bertz CT molecular complexity index is 1050. The van der Waals surface area contributed by atoms with Gasteiger partial charge in [0.05, 0.1) is 21.4 Å². The van der Waals surface area contributed by atoms with E-state index < -0.39 is 5.60 Å². The summed E-state index contributed by atoms with van der Waals surface area (Å²) in [6.07, 6.45) is 3.57. The highest BCUT2D eigenvalue weighted by atomic mass is 35.5. The second-order valence-electron chi connectivity index (χ2n) is 8.09. The second kappa shape index (κ2) is 7.63. The van der Waals surface area contributed by atoms with Crippen molar-refractivity contribution in [1.29, 1.82) is 0 Å². The van der Waals surface area contributed by atoms with Crippen LogP contribution in [0.3, 0.4) is 0 Å². The van der Waals surface area contributed by atoms with E-state index in [2.05, 4.69) is 27.5 Å². The Kier molecular flexibility index (Phi) is 5.12. The molecule has 0 aromatic carbocycles. The predicted molar refractivity (Wildman–Crippen MR) is 118 cm³/mol. The zero-order valence-corrected chi connectivity index (χ0v) is 18.2. The van der Waals surface area contributed by atoms with Gasteiger partial charge in [0.2, 0.25) is 0 Å². The Morgan fingerprint density at radius 1 is 1.17 bits per heavy atom. The summed E-state index contributed by atoms with van der Waals surface area (Å²) >= 11 is 9.26. The summed E-state index contributed by atoms with van der Waals surface area (Å²) in [6, 6.07) is 12.0. The molecule has 152 valence electrons. The van der Waals surface area contributed by atoms with Gasteiger partial charge in [0.15, 0.2) is 0 Å². The molecule has 0 saturated carbocycles. The third kappa shape index (κ3) is 3.94. The quantitative estimate of drug-likeness (QED) is 0.635. The van der Waals surface area contributed by atoms with E-state index in [0.29, 0.717) is 35.0 Å². The van der Waals surface area contributed by atoms with Gasteiger partial charge in [-0.25, -0.2) is 4.68 Å². The minimum absolute atomic E-state index is 0.182. The Balaban J connectivity index is 1.35. The molecule has 0 aliphatic carbocycles. The number of hydrogen-bond donors (Lipinski definition) is 1.